The summed E-state index contributed by atoms with van der Waals surface area (Å²) in [7, 11) is 2.28. The van der Waals surface area contributed by atoms with E-state index in [9.17, 15) is 0 Å². The first-order chi connectivity index (χ1) is 14.8. The molecule has 1 aliphatic carbocycles. The highest BCUT2D eigenvalue weighted by Gasteiger charge is 2.41. The number of fused-ring (bicyclic) bond motifs is 3. The highest BCUT2D eigenvalue weighted by atomic mass is 28.3. The van der Waals surface area contributed by atoms with Gasteiger partial charge < -0.3 is 15.2 Å². The quantitative estimate of drug-likeness (QED) is 0.426. The Bertz CT molecular complexity index is 1240. The zero-order valence-electron chi connectivity index (χ0n) is 18.9. The van der Waals surface area contributed by atoms with Crippen molar-refractivity contribution < 1.29 is 14.0 Å². The van der Waals surface area contributed by atoms with Crippen LogP contribution in [0.2, 0.25) is 13.1 Å². The van der Waals surface area contributed by atoms with Crippen molar-refractivity contribution in [3.63, 3.8) is 0 Å². The van der Waals surface area contributed by atoms with Crippen LogP contribution in [0.4, 0.5) is 5.69 Å². The molecule has 2 aromatic rings. The Morgan fingerprint density at radius 2 is 1.74 bits per heavy atom. The normalized spacial score (nSPS) is 18.4. The maximum absolute atomic E-state index is 6.32. The molecule has 0 aromatic heterocycles. The maximum atomic E-state index is 6.32. The lowest BCUT2D eigenvalue weighted by Gasteiger charge is -2.38. The lowest BCUT2D eigenvalue weighted by Crippen LogP contribution is -2.49. The van der Waals surface area contributed by atoms with Gasteiger partial charge in [0.25, 0.3) is 0 Å². The summed E-state index contributed by atoms with van der Waals surface area (Å²) in [6.07, 6.45) is 6.86. The summed E-state index contributed by atoms with van der Waals surface area (Å²) in [5.41, 5.74) is 14.3. The molecule has 0 unspecified atom stereocenters. The van der Waals surface area contributed by atoms with Gasteiger partial charge in [-0.05, 0) is 46.2 Å². The maximum Gasteiger partial charge on any atom is 0.199 e. The highest BCUT2D eigenvalue weighted by molar-refractivity contribution is 6.98. The van der Waals surface area contributed by atoms with Crippen molar-refractivity contribution in [3.05, 3.63) is 76.0 Å². The summed E-state index contributed by atoms with van der Waals surface area (Å²) < 4.78 is 14.2. The molecule has 0 saturated heterocycles. The van der Waals surface area contributed by atoms with Gasteiger partial charge in [-0.2, -0.15) is 0 Å². The van der Waals surface area contributed by atoms with Crippen molar-refractivity contribution in [3.8, 4) is 11.5 Å². The van der Waals surface area contributed by atoms with Crippen molar-refractivity contribution in [1.82, 2.24) is 0 Å². The van der Waals surface area contributed by atoms with E-state index in [1.54, 1.807) is 0 Å². The molecule has 0 bridgehead atoms. The van der Waals surface area contributed by atoms with Crippen LogP contribution in [0.5, 0.6) is 11.5 Å². The molecule has 4 nitrogen and oxygen atoms in total. The van der Waals surface area contributed by atoms with Gasteiger partial charge >= 0.3 is 0 Å². The Morgan fingerprint density at radius 1 is 0.968 bits per heavy atom. The molecule has 2 heterocycles. The van der Waals surface area contributed by atoms with Crippen LogP contribution in [0.3, 0.4) is 0 Å². The van der Waals surface area contributed by atoms with Crippen LogP contribution < -0.4 is 20.4 Å². The van der Waals surface area contributed by atoms with E-state index in [0.717, 1.165) is 17.1 Å². The van der Waals surface area contributed by atoms with Crippen LogP contribution in [0.25, 0.3) is 5.57 Å². The third-order valence-electron chi connectivity index (χ3n) is 6.51. The number of allylic oxidation sites excluding steroid dienone is 5. The average Bonchev–Trinajstić information content (AvgIpc) is 2.74. The molecule has 3 aliphatic rings. The van der Waals surface area contributed by atoms with Gasteiger partial charge in [0.2, 0.25) is 0 Å². The van der Waals surface area contributed by atoms with E-state index in [1.807, 2.05) is 12.1 Å². The summed E-state index contributed by atoms with van der Waals surface area (Å²) in [4.78, 5) is 0. The van der Waals surface area contributed by atoms with Gasteiger partial charge in [-0.3, -0.25) is 0 Å². The Labute approximate surface area is 185 Å². The summed E-state index contributed by atoms with van der Waals surface area (Å²) in [6, 6.07) is 10.8. The van der Waals surface area contributed by atoms with Gasteiger partial charge in [0.1, 0.15) is 35.4 Å². The van der Waals surface area contributed by atoms with Gasteiger partial charge in [-0.25, -0.2) is 4.58 Å². The van der Waals surface area contributed by atoms with Crippen LogP contribution in [0, 0.1) is 6.92 Å². The monoisotopic (exact) mass is 429 g/mol. The van der Waals surface area contributed by atoms with Gasteiger partial charge in [-0.15, -0.1) is 0 Å². The van der Waals surface area contributed by atoms with Crippen molar-refractivity contribution in [1.29, 1.82) is 0 Å². The molecule has 0 radical (unpaired) electrons. The molecule has 31 heavy (non-hydrogen) atoms. The zero-order valence-corrected chi connectivity index (χ0v) is 19.9. The summed E-state index contributed by atoms with van der Waals surface area (Å²) in [5, 5.41) is 2.90. The number of benzene rings is 2. The first-order valence-electron chi connectivity index (χ1n) is 10.8. The number of nitrogens with two attached hydrogens (primary N) is 1. The number of nitrogens with zero attached hydrogens (tertiary/aromatic N) is 1. The third-order valence-corrected chi connectivity index (χ3v) is 10.0. The summed E-state index contributed by atoms with van der Waals surface area (Å²) >= 11 is 0. The van der Waals surface area contributed by atoms with E-state index in [4.69, 9.17) is 15.2 Å². The zero-order chi connectivity index (χ0) is 21.9. The minimum Gasteiger partial charge on any atom is -0.486 e. The van der Waals surface area contributed by atoms with Gasteiger partial charge in [0.05, 0.1) is 0 Å². The molecular weight excluding hydrogens is 400 g/mol. The largest absolute Gasteiger partial charge is 0.486 e. The number of hydrogen-bond acceptors (Lipinski definition) is 3. The average molecular weight is 430 g/mol. The number of hydrogen-bond donors (Lipinski definition) is 1. The predicted molar refractivity (Wildman–Crippen MR) is 130 cm³/mol. The van der Waals surface area contributed by atoms with E-state index in [-0.39, 0.29) is 0 Å². The van der Waals surface area contributed by atoms with Gasteiger partial charge in [0, 0.05) is 29.5 Å². The van der Waals surface area contributed by atoms with Crippen molar-refractivity contribution in [2.75, 3.05) is 33.0 Å². The van der Waals surface area contributed by atoms with Gasteiger partial charge in [0.15, 0.2) is 17.2 Å². The number of aryl methyl sites for hydroxylation is 1. The molecule has 5 heteroatoms. The van der Waals surface area contributed by atoms with Crippen molar-refractivity contribution in [2.45, 2.75) is 20.0 Å². The summed E-state index contributed by atoms with van der Waals surface area (Å²) in [5.74, 6) is 1.53. The number of ether oxygens (including phenoxy) is 2. The number of anilines is 1. The van der Waals surface area contributed by atoms with E-state index >= 15 is 0 Å². The van der Waals surface area contributed by atoms with Crippen LogP contribution in [0.15, 0.2) is 59.3 Å². The van der Waals surface area contributed by atoms with E-state index in [2.05, 4.69) is 75.1 Å². The Hall–Kier alpha value is -3.05. The molecule has 0 atom stereocenters. The van der Waals surface area contributed by atoms with Gasteiger partial charge in [-0.1, -0.05) is 36.9 Å². The van der Waals surface area contributed by atoms with E-state index < -0.39 is 8.07 Å². The van der Waals surface area contributed by atoms with E-state index in [0.29, 0.717) is 18.9 Å². The van der Waals surface area contributed by atoms with Crippen molar-refractivity contribution in [2.24, 2.45) is 0 Å². The second-order valence-electron chi connectivity index (χ2n) is 9.27. The molecule has 0 saturated carbocycles. The lowest BCUT2D eigenvalue weighted by atomic mass is 9.88. The first-order valence-corrected chi connectivity index (χ1v) is 13.8. The smallest absolute Gasteiger partial charge is 0.199 e. The molecule has 2 N–H and O–H groups in total. The molecule has 2 aromatic carbocycles. The predicted octanol–water partition coefficient (Wildman–Crippen LogP) is 3.83. The van der Waals surface area contributed by atoms with Crippen molar-refractivity contribution >= 4 is 30.2 Å². The molecule has 2 aliphatic heterocycles. The molecule has 0 spiro atoms. The van der Waals surface area contributed by atoms with Crippen LogP contribution in [0.1, 0.15) is 16.7 Å². The number of rotatable bonds is 1. The van der Waals surface area contributed by atoms with Crippen LogP contribution >= 0.6 is 0 Å². The second kappa shape index (κ2) is 6.99. The number of nitrogen functional groups attached to an aromatic ring is 1. The SMILES string of the molecule is Cc1ccc2c(c1)[Si](C)(C)C1=CC(=[N+](C)C)C=CC1=C2c1cc(N)cc2c1OCCO2. The third kappa shape index (κ3) is 3.07. The standard InChI is InChI=1S/C26H29N2O2Si/c1-16-6-8-19-23(12-16)31(4,5)24-15-18(28(2)3)7-9-20(24)25(19)21-13-17(27)14-22-26(21)30-11-10-29-22/h6-9,12-15H,10-11,27H2,1-5H3/q+1. The molecule has 5 rings (SSSR count). The molecule has 0 fully saturated rings. The van der Waals surface area contributed by atoms with Crippen LogP contribution in [-0.2, 0) is 0 Å². The first kappa shape index (κ1) is 19.9. The fourth-order valence-electron chi connectivity index (χ4n) is 4.88. The Kier molecular flexibility index (Phi) is 4.48. The molecule has 158 valence electrons. The fourth-order valence-corrected chi connectivity index (χ4v) is 8.03. The summed E-state index contributed by atoms with van der Waals surface area (Å²) in [6.45, 7) is 8.17. The Morgan fingerprint density at radius 3 is 2.52 bits per heavy atom. The molecule has 0 amide bonds. The minimum atomic E-state index is -1.92. The lowest BCUT2D eigenvalue weighted by molar-refractivity contribution is -0.462. The molecular formula is C26H29N2O2Si+. The fraction of sp³-hybridized carbons (Fsp3) is 0.269. The Balaban J connectivity index is 1.89. The topological polar surface area (TPSA) is 47.5 Å². The highest BCUT2D eigenvalue weighted by Crippen LogP contribution is 2.47. The van der Waals surface area contributed by atoms with E-state index in [1.165, 1.54) is 38.4 Å². The second-order valence-corrected chi connectivity index (χ2v) is 13.6. The minimum absolute atomic E-state index is 0.545. The van der Waals surface area contributed by atoms with Crippen LogP contribution in [-0.4, -0.2) is 45.7 Å².